The van der Waals surface area contributed by atoms with Crippen molar-refractivity contribution < 1.29 is 4.42 Å². The van der Waals surface area contributed by atoms with E-state index in [-0.39, 0.29) is 0 Å². The van der Waals surface area contributed by atoms with Crippen LogP contribution in [0, 0.1) is 0 Å². The van der Waals surface area contributed by atoms with Crippen LogP contribution in [0.1, 0.15) is 12.5 Å². The molecule has 1 atom stereocenters. The minimum Gasteiger partial charge on any atom is -0.472 e. The number of furan rings is 1. The highest BCUT2D eigenvalue weighted by Crippen LogP contribution is 2.09. The zero-order valence-corrected chi connectivity index (χ0v) is 7.99. The Morgan fingerprint density at radius 3 is 3.31 bits per heavy atom. The van der Waals surface area contributed by atoms with Crippen LogP contribution < -0.4 is 5.32 Å². The minimum absolute atomic E-state index is 0.628. The van der Waals surface area contributed by atoms with Crippen LogP contribution in [0.25, 0.3) is 0 Å². The van der Waals surface area contributed by atoms with Crippen LogP contribution in [0.15, 0.2) is 23.0 Å². The summed E-state index contributed by atoms with van der Waals surface area (Å²) >= 11 is 0. The van der Waals surface area contributed by atoms with E-state index in [1.165, 1.54) is 5.56 Å². The maximum Gasteiger partial charge on any atom is 0.0947 e. The second kappa shape index (κ2) is 3.94. The van der Waals surface area contributed by atoms with E-state index in [2.05, 4.69) is 17.1 Å². The summed E-state index contributed by atoms with van der Waals surface area (Å²) < 4.78 is 5.05. The number of piperazine rings is 1. The fourth-order valence-corrected chi connectivity index (χ4v) is 1.74. The molecule has 1 fully saturated rings. The molecule has 13 heavy (non-hydrogen) atoms. The number of rotatable bonds is 2. The van der Waals surface area contributed by atoms with Crippen LogP contribution in [0.3, 0.4) is 0 Å². The summed E-state index contributed by atoms with van der Waals surface area (Å²) in [5.74, 6) is 0. The molecule has 2 rings (SSSR count). The predicted octanol–water partition coefficient (Wildman–Crippen LogP) is 1.07. The summed E-state index contributed by atoms with van der Waals surface area (Å²) in [4.78, 5) is 2.47. The molecule has 0 aliphatic carbocycles. The van der Waals surface area contributed by atoms with Crippen molar-refractivity contribution in [2.75, 3.05) is 19.6 Å². The first-order chi connectivity index (χ1) is 6.36. The smallest absolute Gasteiger partial charge is 0.0947 e. The largest absolute Gasteiger partial charge is 0.472 e. The van der Waals surface area contributed by atoms with Gasteiger partial charge >= 0.3 is 0 Å². The maximum absolute atomic E-state index is 5.05. The van der Waals surface area contributed by atoms with E-state index in [0.29, 0.717) is 6.04 Å². The van der Waals surface area contributed by atoms with E-state index in [9.17, 15) is 0 Å². The van der Waals surface area contributed by atoms with Crippen molar-refractivity contribution in [2.45, 2.75) is 19.5 Å². The molecule has 3 heteroatoms. The van der Waals surface area contributed by atoms with Crippen molar-refractivity contribution >= 4 is 0 Å². The van der Waals surface area contributed by atoms with Gasteiger partial charge in [0.05, 0.1) is 12.5 Å². The topological polar surface area (TPSA) is 28.4 Å². The van der Waals surface area contributed by atoms with Gasteiger partial charge in [-0.15, -0.1) is 0 Å². The molecule has 1 aromatic heterocycles. The van der Waals surface area contributed by atoms with Crippen molar-refractivity contribution in [1.29, 1.82) is 0 Å². The molecule has 0 bridgehead atoms. The predicted molar refractivity (Wildman–Crippen MR) is 51.4 cm³/mol. The van der Waals surface area contributed by atoms with Crippen LogP contribution >= 0.6 is 0 Å². The Labute approximate surface area is 78.7 Å². The van der Waals surface area contributed by atoms with Gasteiger partial charge in [0, 0.05) is 37.8 Å². The summed E-state index contributed by atoms with van der Waals surface area (Å²) in [6.07, 6.45) is 3.57. The number of hydrogen-bond donors (Lipinski definition) is 1. The molecule has 1 aliphatic heterocycles. The average molecular weight is 180 g/mol. The van der Waals surface area contributed by atoms with Gasteiger partial charge in [0.25, 0.3) is 0 Å². The molecule has 0 spiro atoms. The van der Waals surface area contributed by atoms with Crippen LogP contribution in [0.5, 0.6) is 0 Å². The quantitative estimate of drug-likeness (QED) is 0.738. The van der Waals surface area contributed by atoms with Crippen molar-refractivity contribution in [3.63, 3.8) is 0 Å². The molecule has 72 valence electrons. The Kier molecular flexibility index (Phi) is 2.66. The molecule has 0 unspecified atom stereocenters. The van der Waals surface area contributed by atoms with Gasteiger partial charge in [-0.2, -0.15) is 0 Å². The van der Waals surface area contributed by atoms with E-state index in [1.54, 1.807) is 6.26 Å². The maximum atomic E-state index is 5.05. The van der Waals surface area contributed by atoms with Gasteiger partial charge in [-0.25, -0.2) is 0 Å². The third kappa shape index (κ3) is 2.11. The van der Waals surface area contributed by atoms with Crippen molar-refractivity contribution in [2.24, 2.45) is 0 Å². The molecule has 2 heterocycles. The van der Waals surface area contributed by atoms with E-state index in [4.69, 9.17) is 4.42 Å². The Morgan fingerprint density at radius 2 is 2.62 bits per heavy atom. The Balaban J connectivity index is 1.93. The lowest BCUT2D eigenvalue weighted by Gasteiger charge is -2.33. The van der Waals surface area contributed by atoms with Gasteiger partial charge in [0.2, 0.25) is 0 Å². The number of nitrogens with one attached hydrogen (secondary N) is 1. The van der Waals surface area contributed by atoms with Crippen molar-refractivity contribution in [3.05, 3.63) is 24.2 Å². The highest BCUT2D eigenvalue weighted by Gasteiger charge is 2.17. The fraction of sp³-hybridized carbons (Fsp3) is 0.600. The van der Waals surface area contributed by atoms with Crippen LogP contribution in [0.2, 0.25) is 0 Å². The van der Waals surface area contributed by atoms with Gasteiger partial charge in [-0.05, 0) is 13.0 Å². The lowest BCUT2D eigenvalue weighted by atomic mass is 10.2. The SMILES string of the molecule is C[C@@H]1CNCCN1Cc1ccoc1. The molecule has 1 aromatic rings. The van der Waals surface area contributed by atoms with Crippen molar-refractivity contribution in [1.82, 2.24) is 10.2 Å². The zero-order valence-electron chi connectivity index (χ0n) is 7.99. The lowest BCUT2D eigenvalue weighted by Crippen LogP contribution is -2.49. The molecule has 1 saturated heterocycles. The van der Waals surface area contributed by atoms with Crippen molar-refractivity contribution in [3.8, 4) is 0 Å². The first kappa shape index (κ1) is 8.78. The number of nitrogens with zero attached hydrogens (tertiary/aromatic N) is 1. The standard InChI is InChI=1S/C10H16N2O/c1-9-6-11-3-4-12(9)7-10-2-5-13-8-10/h2,5,8-9,11H,3-4,6-7H2,1H3/t9-/m1/s1. The first-order valence-corrected chi connectivity index (χ1v) is 4.82. The van der Waals surface area contributed by atoms with Gasteiger partial charge in [0.15, 0.2) is 0 Å². The molecule has 0 amide bonds. The van der Waals surface area contributed by atoms with E-state index in [0.717, 1.165) is 26.2 Å². The van der Waals surface area contributed by atoms with Crippen LogP contribution in [-0.4, -0.2) is 30.6 Å². The van der Waals surface area contributed by atoms with Gasteiger partial charge in [0.1, 0.15) is 0 Å². The average Bonchev–Trinajstić information content (AvgIpc) is 2.61. The summed E-state index contributed by atoms with van der Waals surface area (Å²) in [5, 5.41) is 3.38. The van der Waals surface area contributed by atoms with Gasteiger partial charge in [-0.3, -0.25) is 4.90 Å². The Bertz CT molecular complexity index is 245. The summed E-state index contributed by atoms with van der Waals surface area (Å²) in [6.45, 7) is 6.60. The third-order valence-corrected chi connectivity index (χ3v) is 2.60. The Morgan fingerprint density at radius 1 is 1.69 bits per heavy atom. The van der Waals surface area contributed by atoms with Crippen LogP contribution in [-0.2, 0) is 6.54 Å². The molecular formula is C10H16N2O. The second-order valence-electron chi connectivity index (χ2n) is 3.66. The van der Waals surface area contributed by atoms with E-state index < -0.39 is 0 Å². The Hall–Kier alpha value is -0.800. The molecular weight excluding hydrogens is 164 g/mol. The summed E-state index contributed by atoms with van der Waals surface area (Å²) in [7, 11) is 0. The second-order valence-corrected chi connectivity index (χ2v) is 3.66. The highest BCUT2D eigenvalue weighted by atomic mass is 16.3. The molecule has 1 N–H and O–H groups in total. The molecule has 3 nitrogen and oxygen atoms in total. The van der Waals surface area contributed by atoms with Gasteiger partial charge < -0.3 is 9.73 Å². The fourth-order valence-electron chi connectivity index (χ4n) is 1.74. The van der Waals surface area contributed by atoms with E-state index >= 15 is 0 Å². The zero-order chi connectivity index (χ0) is 9.10. The normalized spacial score (nSPS) is 24.8. The van der Waals surface area contributed by atoms with E-state index in [1.807, 2.05) is 12.3 Å². The minimum atomic E-state index is 0.628. The number of hydrogen-bond acceptors (Lipinski definition) is 3. The summed E-state index contributed by atoms with van der Waals surface area (Å²) in [5.41, 5.74) is 1.27. The molecule has 0 radical (unpaired) electrons. The van der Waals surface area contributed by atoms with Gasteiger partial charge in [-0.1, -0.05) is 0 Å². The molecule has 0 aromatic carbocycles. The van der Waals surface area contributed by atoms with Crippen LogP contribution in [0.4, 0.5) is 0 Å². The lowest BCUT2D eigenvalue weighted by molar-refractivity contribution is 0.165. The third-order valence-electron chi connectivity index (χ3n) is 2.60. The molecule has 1 aliphatic rings. The monoisotopic (exact) mass is 180 g/mol. The summed E-state index contributed by atoms with van der Waals surface area (Å²) in [6, 6.07) is 2.66. The highest BCUT2D eigenvalue weighted by molar-refractivity contribution is 5.05. The first-order valence-electron chi connectivity index (χ1n) is 4.82. The molecule has 0 saturated carbocycles.